The van der Waals surface area contributed by atoms with E-state index in [0.29, 0.717) is 58.7 Å². The number of amides is 2. The van der Waals surface area contributed by atoms with Gasteiger partial charge in [0.25, 0.3) is 0 Å². The van der Waals surface area contributed by atoms with Gasteiger partial charge < -0.3 is 36.5 Å². The van der Waals surface area contributed by atoms with Crippen LogP contribution in [0.1, 0.15) is 51.4 Å². The van der Waals surface area contributed by atoms with E-state index in [1.54, 1.807) is 24.3 Å². The molecular formula is C26H25Br2N3O6S. The third kappa shape index (κ3) is 4.84. The normalized spacial score (nSPS) is 14.4. The summed E-state index contributed by atoms with van der Waals surface area (Å²) in [6.07, 6.45) is 1.19. The maximum Gasteiger partial charge on any atom is 0.340 e. The van der Waals surface area contributed by atoms with Crippen LogP contribution in [0, 0.1) is 0 Å². The Kier molecular flexibility index (Phi) is 8.72. The van der Waals surface area contributed by atoms with E-state index in [-0.39, 0.29) is 50.5 Å². The molecule has 0 aromatic heterocycles. The Hall–Kier alpha value is -3.19. The first-order valence-electron chi connectivity index (χ1n) is 11.3. The first-order chi connectivity index (χ1) is 17.2. The molecule has 38 heavy (non-hydrogen) atoms. The number of hydrogen-bond acceptors (Lipinski definition) is 8. The molecule has 0 bridgehead atoms. The lowest BCUT2D eigenvalue weighted by molar-refractivity contribution is 0.0224. The molecule has 9 nitrogen and oxygen atoms in total. The van der Waals surface area contributed by atoms with Crippen LogP contribution < -0.4 is 21.5 Å². The molecule has 2 heterocycles. The van der Waals surface area contributed by atoms with Gasteiger partial charge in [0, 0.05) is 34.7 Å². The van der Waals surface area contributed by atoms with Crippen LogP contribution in [0.15, 0.2) is 54.6 Å². The number of phenolic OH excluding ortho intramolecular Hbond substituents is 2. The topological polar surface area (TPSA) is 157 Å². The van der Waals surface area contributed by atoms with Crippen LogP contribution in [0.4, 0.5) is 4.79 Å². The van der Waals surface area contributed by atoms with Crippen LogP contribution in [-0.2, 0) is 10.3 Å². The van der Waals surface area contributed by atoms with Crippen molar-refractivity contribution in [1.82, 2.24) is 5.32 Å². The summed E-state index contributed by atoms with van der Waals surface area (Å²) in [7, 11) is 0. The molecule has 3 aromatic carbocycles. The highest BCUT2D eigenvalue weighted by molar-refractivity contribution is 8.93. The fraction of sp³-hybridized carbons (Fsp3) is 0.192. The summed E-state index contributed by atoms with van der Waals surface area (Å²) >= 11 is 5.42. The van der Waals surface area contributed by atoms with E-state index >= 15 is 0 Å². The Labute approximate surface area is 244 Å². The second kappa shape index (κ2) is 11.3. The van der Waals surface area contributed by atoms with E-state index in [2.05, 4.69) is 5.32 Å². The number of rotatable bonds is 5. The molecule has 5 rings (SSSR count). The molecule has 1 spiro atoms. The number of nitrogens with one attached hydrogen (secondary N) is 1. The first-order valence-corrected chi connectivity index (χ1v) is 11.7. The standard InChI is InChI=1S/C26H23N3O6S.2BrH/c27-9-1-2-16(23(36)29-25(28)33)13-3-6-18-17(10-13)24(32)35-26(18)19-7-4-14(30)11-21(19)34-22-12-15(31)5-8-20(22)26;;/h3-8,10-12,16,30-31H,1-2,9,27H2,(H3,28,29,33,36);2*1H. The van der Waals surface area contributed by atoms with Crippen LogP contribution >= 0.6 is 46.2 Å². The summed E-state index contributed by atoms with van der Waals surface area (Å²) in [6.45, 7) is 0.430. The highest BCUT2D eigenvalue weighted by Gasteiger charge is 2.53. The molecule has 7 N–H and O–H groups in total. The largest absolute Gasteiger partial charge is 0.508 e. The number of aromatic hydroxyl groups is 2. The maximum atomic E-state index is 13.3. The number of ether oxygens (including phenoxy) is 2. The van der Waals surface area contributed by atoms with Crippen molar-refractivity contribution < 1.29 is 29.3 Å². The molecule has 0 radical (unpaired) electrons. The predicted octanol–water partition coefficient (Wildman–Crippen LogP) is 4.64. The SMILES string of the molecule is Br.Br.NCCCC(C(=S)NC(N)=O)c1ccc2c(c1)C(=O)OC21c2ccc(O)cc2Oc2cc(O)ccc21. The summed E-state index contributed by atoms with van der Waals surface area (Å²) in [5, 5.41) is 22.6. The number of thiocarbonyl (C=S) groups is 1. The van der Waals surface area contributed by atoms with Gasteiger partial charge in [-0.05, 0) is 55.3 Å². The number of nitrogens with two attached hydrogens (primary N) is 2. The smallest absolute Gasteiger partial charge is 0.340 e. The molecule has 2 aliphatic rings. The van der Waals surface area contributed by atoms with E-state index in [1.165, 1.54) is 24.3 Å². The van der Waals surface area contributed by atoms with Gasteiger partial charge in [0.2, 0.25) is 0 Å². The lowest BCUT2D eigenvalue weighted by atomic mass is 9.77. The monoisotopic (exact) mass is 665 g/mol. The van der Waals surface area contributed by atoms with Crippen LogP contribution in [0.5, 0.6) is 23.0 Å². The highest BCUT2D eigenvalue weighted by Crippen LogP contribution is 2.57. The number of fused-ring (bicyclic) bond motifs is 6. The second-order valence-corrected chi connectivity index (χ2v) is 9.12. The molecule has 0 aliphatic carbocycles. The van der Waals surface area contributed by atoms with Crippen LogP contribution in [0.25, 0.3) is 0 Å². The third-order valence-corrected chi connectivity index (χ3v) is 6.85. The molecule has 12 heteroatoms. The van der Waals surface area contributed by atoms with Crippen molar-refractivity contribution in [2.45, 2.75) is 24.4 Å². The Bertz CT molecular complexity index is 1380. The minimum atomic E-state index is -1.35. The number of primary amides is 1. The van der Waals surface area contributed by atoms with Crippen molar-refractivity contribution in [1.29, 1.82) is 0 Å². The van der Waals surface area contributed by atoms with Crippen molar-refractivity contribution in [3.05, 3.63) is 82.4 Å². The Balaban J connectivity index is 0.00000200. The third-order valence-electron chi connectivity index (χ3n) is 6.46. The number of halogens is 2. The van der Waals surface area contributed by atoms with E-state index in [4.69, 9.17) is 33.2 Å². The van der Waals surface area contributed by atoms with E-state index in [1.807, 2.05) is 6.07 Å². The fourth-order valence-corrected chi connectivity index (χ4v) is 5.27. The average molecular weight is 667 g/mol. The number of phenols is 2. The zero-order chi connectivity index (χ0) is 25.6. The number of benzene rings is 3. The van der Waals surface area contributed by atoms with Gasteiger partial charge in [-0.2, -0.15) is 0 Å². The zero-order valence-electron chi connectivity index (χ0n) is 19.8. The summed E-state index contributed by atoms with van der Waals surface area (Å²) in [6, 6.07) is 13.7. The highest BCUT2D eigenvalue weighted by atomic mass is 79.9. The second-order valence-electron chi connectivity index (χ2n) is 8.68. The van der Waals surface area contributed by atoms with Crippen LogP contribution in [0.3, 0.4) is 0 Å². The molecule has 0 saturated carbocycles. The van der Waals surface area contributed by atoms with Gasteiger partial charge in [-0.15, -0.1) is 34.0 Å². The number of hydrogen-bond donors (Lipinski definition) is 5. The van der Waals surface area contributed by atoms with Gasteiger partial charge >= 0.3 is 12.0 Å². The first kappa shape index (κ1) is 29.4. The Morgan fingerprint density at radius 1 is 0.974 bits per heavy atom. The van der Waals surface area contributed by atoms with Crippen molar-refractivity contribution in [3.8, 4) is 23.0 Å². The van der Waals surface area contributed by atoms with Crippen LogP contribution in [-0.4, -0.2) is 33.7 Å². The minimum Gasteiger partial charge on any atom is -0.508 e. The molecule has 3 aromatic rings. The van der Waals surface area contributed by atoms with Gasteiger partial charge in [-0.1, -0.05) is 24.4 Å². The molecule has 0 fully saturated rings. The predicted molar refractivity (Wildman–Crippen MR) is 155 cm³/mol. The lowest BCUT2D eigenvalue weighted by Crippen LogP contribution is -2.37. The quantitative estimate of drug-likeness (QED) is 0.195. The number of esters is 1. The van der Waals surface area contributed by atoms with Crippen molar-refractivity contribution in [2.75, 3.05) is 6.54 Å². The molecule has 0 saturated heterocycles. The number of urea groups is 1. The van der Waals surface area contributed by atoms with Crippen molar-refractivity contribution >= 4 is 63.2 Å². The summed E-state index contributed by atoms with van der Waals surface area (Å²) in [4.78, 5) is 25.0. The minimum absolute atomic E-state index is 0. The number of carbonyl (C=O) groups excluding carboxylic acids is 2. The summed E-state index contributed by atoms with van der Waals surface area (Å²) < 4.78 is 12.1. The van der Waals surface area contributed by atoms with E-state index in [0.717, 1.165) is 0 Å². The summed E-state index contributed by atoms with van der Waals surface area (Å²) in [5.41, 5.74) is 12.3. The number of carbonyl (C=O) groups is 2. The average Bonchev–Trinajstić information content (AvgIpc) is 3.11. The molecule has 200 valence electrons. The molecule has 1 unspecified atom stereocenters. The van der Waals surface area contributed by atoms with Gasteiger partial charge in [-0.3, -0.25) is 0 Å². The molecule has 2 aliphatic heterocycles. The lowest BCUT2D eigenvalue weighted by Gasteiger charge is -2.36. The molecule has 2 amide bonds. The molecular weight excluding hydrogens is 642 g/mol. The van der Waals surface area contributed by atoms with Gasteiger partial charge in [0.15, 0.2) is 5.60 Å². The molecule has 1 atom stereocenters. The van der Waals surface area contributed by atoms with Crippen LogP contribution in [0.2, 0.25) is 0 Å². The fourth-order valence-electron chi connectivity index (χ4n) is 4.92. The Morgan fingerprint density at radius 2 is 1.55 bits per heavy atom. The Morgan fingerprint density at radius 3 is 2.11 bits per heavy atom. The van der Waals surface area contributed by atoms with Gasteiger partial charge in [-0.25, -0.2) is 9.59 Å². The van der Waals surface area contributed by atoms with Gasteiger partial charge in [0.05, 0.1) is 10.6 Å². The van der Waals surface area contributed by atoms with E-state index in [9.17, 15) is 19.8 Å². The summed E-state index contributed by atoms with van der Waals surface area (Å²) in [5.74, 6) is -0.404. The van der Waals surface area contributed by atoms with Crippen molar-refractivity contribution in [2.24, 2.45) is 11.5 Å². The van der Waals surface area contributed by atoms with E-state index < -0.39 is 23.5 Å². The maximum absolute atomic E-state index is 13.3. The van der Waals surface area contributed by atoms with Gasteiger partial charge in [0.1, 0.15) is 23.0 Å². The van der Waals surface area contributed by atoms with Crippen molar-refractivity contribution in [3.63, 3.8) is 0 Å². The zero-order valence-corrected chi connectivity index (χ0v) is 24.0.